The van der Waals surface area contributed by atoms with Crippen LogP contribution in [0.1, 0.15) is 19.4 Å². The van der Waals surface area contributed by atoms with Gasteiger partial charge in [0.1, 0.15) is 5.75 Å². The average molecular weight is 356 g/mol. The number of carbonyl (C=O) groups excluding carboxylic acids is 1. The van der Waals surface area contributed by atoms with Crippen molar-refractivity contribution in [3.05, 3.63) is 53.5 Å². The minimum absolute atomic E-state index is 0.0935. The molecule has 2 aromatic carbocycles. The summed E-state index contributed by atoms with van der Waals surface area (Å²) in [6.07, 6.45) is -0.126. The largest absolute Gasteiger partial charge is 0.465 e. The molecule has 0 aliphatic heterocycles. The van der Waals surface area contributed by atoms with Gasteiger partial charge < -0.3 is 14.8 Å². The van der Waals surface area contributed by atoms with Crippen molar-refractivity contribution in [2.45, 2.75) is 26.6 Å². The molecule has 1 atom stereocenters. The second-order valence-corrected chi connectivity index (χ2v) is 6.39. The number of nitrogens with one attached hydrogen (secondary N) is 1. The molecule has 1 heterocycles. The summed E-state index contributed by atoms with van der Waals surface area (Å²) in [5.74, 6) is 0.570. The third-order valence-electron chi connectivity index (χ3n) is 3.63. The SMILES string of the molecule is CCOC(C)Oc1ccccc1CC(=O)Nc1ccc2ncsc2c1. The molecule has 1 amide bonds. The van der Waals surface area contributed by atoms with Gasteiger partial charge in [0.15, 0.2) is 6.29 Å². The van der Waals surface area contributed by atoms with E-state index < -0.39 is 0 Å². The minimum Gasteiger partial charge on any atom is -0.465 e. The second-order valence-electron chi connectivity index (χ2n) is 5.51. The first-order valence-electron chi connectivity index (χ1n) is 8.15. The van der Waals surface area contributed by atoms with E-state index in [0.717, 1.165) is 21.5 Å². The average Bonchev–Trinajstić information content (AvgIpc) is 3.04. The molecule has 0 spiro atoms. The Balaban J connectivity index is 1.68. The zero-order valence-electron chi connectivity index (χ0n) is 14.2. The Morgan fingerprint density at radius 1 is 1.28 bits per heavy atom. The topological polar surface area (TPSA) is 60.5 Å². The number of rotatable bonds is 7. The number of ether oxygens (including phenoxy) is 2. The van der Waals surface area contributed by atoms with Crippen LogP contribution in [0.5, 0.6) is 5.75 Å². The summed E-state index contributed by atoms with van der Waals surface area (Å²) in [7, 11) is 0. The molecular formula is C19H20N2O3S. The Hall–Kier alpha value is -2.44. The molecule has 0 saturated heterocycles. The number of anilines is 1. The summed E-state index contributed by atoms with van der Waals surface area (Å²) in [5, 5.41) is 2.93. The van der Waals surface area contributed by atoms with Crippen LogP contribution >= 0.6 is 11.3 Å². The molecule has 6 heteroatoms. The fourth-order valence-electron chi connectivity index (χ4n) is 2.52. The van der Waals surface area contributed by atoms with Crippen LogP contribution in [0.2, 0.25) is 0 Å². The highest BCUT2D eigenvalue weighted by Crippen LogP contribution is 2.23. The zero-order valence-corrected chi connectivity index (χ0v) is 15.0. The molecule has 0 aliphatic rings. The molecule has 0 saturated carbocycles. The van der Waals surface area contributed by atoms with Crippen molar-refractivity contribution in [1.82, 2.24) is 4.98 Å². The summed E-state index contributed by atoms with van der Waals surface area (Å²) in [6, 6.07) is 13.2. The van der Waals surface area contributed by atoms with E-state index in [-0.39, 0.29) is 18.6 Å². The van der Waals surface area contributed by atoms with Crippen LogP contribution in [0.25, 0.3) is 10.2 Å². The van der Waals surface area contributed by atoms with Gasteiger partial charge >= 0.3 is 0 Å². The van der Waals surface area contributed by atoms with Crippen molar-refractivity contribution in [2.24, 2.45) is 0 Å². The van der Waals surface area contributed by atoms with E-state index in [9.17, 15) is 4.79 Å². The molecule has 0 aliphatic carbocycles. The van der Waals surface area contributed by atoms with E-state index in [4.69, 9.17) is 9.47 Å². The smallest absolute Gasteiger partial charge is 0.228 e. The molecule has 3 aromatic rings. The van der Waals surface area contributed by atoms with Crippen LogP contribution in [0, 0.1) is 0 Å². The highest BCUT2D eigenvalue weighted by atomic mass is 32.1. The van der Waals surface area contributed by atoms with E-state index in [1.807, 2.05) is 56.3 Å². The van der Waals surface area contributed by atoms with Crippen molar-refractivity contribution in [1.29, 1.82) is 0 Å². The summed E-state index contributed by atoms with van der Waals surface area (Å²) in [4.78, 5) is 16.6. The molecular weight excluding hydrogens is 336 g/mol. The van der Waals surface area contributed by atoms with E-state index in [1.165, 1.54) is 0 Å². The maximum absolute atomic E-state index is 12.4. The van der Waals surface area contributed by atoms with Crippen molar-refractivity contribution in [3.8, 4) is 5.75 Å². The molecule has 130 valence electrons. The highest BCUT2D eigenvalue weighted by Gasteiger charge is 2.12. The first kappa shape index (κ1) is 17.4. The molecule has 5 nitrogen and oxygen atoms in total. The number of thiazole rings is 1. The molecule has 1 N–H and O–H groups in total. The van der Waals surface area contributed by atoms with E-state index >= 15 is 0 Å². The Morgan fingerprint density at radius 2 is 2.12 bits per heavy atom. The fourth-order valence-corrected chi connectivity index (χ4v) is 3.24. The van der Waals surface area contributed by atoms with Crippen LogP contribution < -0.4 is 10.1 Å². The molecule has 1 aromatic heterocycles. The number of fused-ring (bicyclic) bond motifs is 1. The summed E-state index contributed by atoms with van der Waals surface area (Å²) in [6.45, 7) is 4.33. The third-order valence-corrected chi connectivity index (χ3v) is 4.42. The van der Waals surface area contributed by atoms with Gasteiger partial charge in [-0.05, 0) is 38.1 Å². The molecule has 0 fully saturated rings. The first-order valence-corrected chi connectivity index (χ1v) is 9.03. The summed E-state index contributed by atoms with van der Waals surface area (Å²) >= 11 is 1.55. The van der Waals surface area contributed by atoms with Gasteiger partial charge in [0.25, 0.3) is 0 Å². The highest BCUT2D eigenvalue weighted by molar-refractivity contribution is 7.16. The lowest BCUT2D eigenvalue weighted by Gasteiger charge is -2.17. The normalized spacial score (nSPS) is 12.1. The number of hydrogen-bond acceptors (Lipinski definition) is 5. The van der Waals surface area contributed by atoms with E-state index in [2.05, 4.69) is 10.3 Å². The number of benzene rings is 2. The van der Waals surface area contributed by atoms with Gasteiger partial charge in [-0.15, -0.1) is 11.3 Å². The summed E-state index contributed by atoms with van der Waals surface area (Å²) < 4.78 is 12.2. The van der Waals surface area contributed by atoms with Crippen LogP contribution in [0.3, 0.4) is 0 Å². The molecule has 1 unspecified atom stereocenters. The Kier molecular flexibility index (Phi) is 5.63. The molecule has 25 heavy (non-hydrogen) atoms. The van der Waals surface area contributed by atoms with Gasteiger partial charge in [0.05, 0.1) is 22.1 Å². The van der Waals surface area contributed by atoms with Crippen molar-refractivity contribution >= 4 is 33.1 Å². The van der Waals surface area contributed by atoms with Crippen LogP contribution in [0.15, 0.2) is 48.0 Å². The lowest BCUT2D eigenvalue weighted by Crippen LogP contribution is -2.19. The molecule has 3 rings (SSSR count). The van der Waals surface area contributed by atoms with Crippen molar-refractivity contribution < 1.29 is 14.3 Å². The zero-order chi connectivity index (χ0) is 17.6. The predicted molar refractivity (Wildman–Crippen MR) is 100 cm³/mol. The standard InChI is InChI=1S/C19H20N2O3S/c1-3-23-13(2)24-17-7-5-4-6-14(17)10-19(22)21-15-8-9-16-18(11-15)25-12-20-16/h4-9,11-13H,3,10H2,1-2H3,(H,21,22). The molecule has 0 radical (unpaired) electrons. The van der Waals surface area contributed by atoms with Gasteiger partial charge in [0, 0.05) is 17.9 Å². The van der Waals surface area contributed by atoms with Crippen LogP contribution in [-0.4, -0.2) is 23.8 Å². The number of para-hydroxylation sites is 1. The summed E-state index contributed by atoms with van der Waals surface area (Å²) in [5.41, 5.74) is 4.32. The maximum atomic E-state index is 12.4. The third kappa shape index (κ3) is 4.55. The number of aromatic nitrogens is 1. The quantitative estimate of drug-likeness (QED) is 0.643. The number of nitrogens with zero attached hydrogens (tertiary/aromatic N) is 1. The Morgan fingerprint density at radius 3 is 2.96 bits per heavy atom. The van der Waals surface area contributed by atoms with Crippen molar-refractivity contribution in [3.63, 3.8) is 0 Å². The van der Waals surface area contributed by atoms with Gasteiger partial charge in [-0.1, -0.05) is 18.2 Å². The van der Waals surface area contributed by atoms with Crippen LogP contribution in [0.4, 0.5) is 5.69 Å². The van der Waals surface area contributed by atoms with Gasteiger partial charge in [-0.3, -0.25) is 4.79 Å². The van der Waals surface area contributed by atoms with E-state index in [1.54, 1.807) is 16.8 Å². The minimum atomic E-state index is -0.358. The van der Waals surface area contributed by atoms with Gasteiger partial charge in [-0.2, -0.15) is 0 Å². The number of hydrogen-bond donors (Lipinski definition) is 1. The predicted octanol–water partition coefficient (Wildman–Crippen LogP) is 4.24. The van der Waals surface area contributed by atoms with Crippen molar-refractivity contribution in [2.75, 3.05) is 11.9 Å². The van der Waals surface area contributed by atoms with Gasteiger partial charge in [-0.25, -0.2) is 4.98 Å². The maximum Gasteiger partial charge on any atom is 0.228 e. The molecule has 0 bridgehead atoms. The Labute approximate surface area is 150 Å². The number of amides is 1. The van der Waals surface area contributed by atoms with Crippen LogP contribution in [-0.2, 0) is 16.0 Å². The van der Waals surface area contributed by atoms with Gasteiger partial charge in [0.2, 0.25) is 5.91 Å². The second kappa shape index (κ2) is 8.09. The monoisotopic (exact) mass is 356 g/mol. The lowest BCUT2D eigenvalue weighted by molar-refractivity contribution is -0.115. The first-order chi connectivity index (χ1) is 12.2. The Bertz CT molecular complexity index is 863. The number of carbonyl (C=O) groups is 1. The van der Waals surface area contributed by atoms with E-state index in [0.29, 0.717) is 12.4 Å². The fraction of sp³-hybridized carbons (Fsp3) is 0.263. The lowest BCUT2D eigenvalue weighted by atomic mass is 10.1.